The molecule has 0 unspecified atom stereocenters. The number of hydrogen-bond donors (Lipinski definition) is 1. The molecule has 0 aliphatic carbocycles. The number of fused-ring (bicyclic) bond motifs is 1. The summed E-state index contributed by atoms with van der Waals surface area (Å²) in [6, 6.07) is 18.5. The van der Waals surface area contributed by atoms with Crippen LogP contribution in [0.3, 0.4) is 0 Å². The fourth-order valence-electron chi connectivity index (χ4n) is 2.91. The lowest BCUT2D eigenvalue weighted by Gasteiger charge is -2.12. The van der Waals surface area contributed by atoms with Crippen molar-refractivity contribution >= 4 is 39.8 Å². The van der Waals surface area contributed by atoms with Crippen molar-refractivity contribution in [1.82, 2.24) is 9.38 Å². The molecule has 2 aromatic heterocycles. The number of ether oxygens (including phenoxy) is 2. The average molecular weight is 499 g/mol. The molecular formula is C22H18IN3O3. The summed E-state index contributed by atoms with van der Waals surface area (Å²) >= 11 is 2.18. The lowest BCUT2D eigenvalue weighted by atomic mass is 10.2. The molecule has 7 heteroatoms. The summed E-state index contributed by atoms with van der Waals surface area (Å²) in [6.45, 7) is 0.284. The summed E-state index contributed by atoms with van der Waals surface area (Å²) in [7, 11) is 1.58. The van der Waals surface area contributed by atoms with Crippen molar-refractivity contribution in [3.63, 3.8) is 0 Å². The highest BCUT2D eigenvalue weighted by Gasteiger charge is 2.11. The number of anilines is 1. The molecule has 6 nitrogen and oxygen atoms in total. The van der Waals surface area contributed by atoms with E-state index in [-0.39, 0.29) is 12.5 Å². The fourth-order valence-corrected chi connectivity index (χ4v) is 3.45. The van der Waals surface area contributed by atoms with Gasteiger partial charge in [-0.2, -0.15) is 0 Å². The number of methoxy groups -OCH3 is 1. The predicted molar refractivity (Wildman–Crippen MR) is 120 cm³/mol. The zero-order chi connectivity index (χ0) is 20.2. The summed E-state index contributed by atoms with van der Waals surface area (Å²) in [5, 5.41) is 2.90. The van der Waals surface area contributed by atoms with Crippen molar-refractivity contribution in [3.05, 3.63) is 87.9 Å². The van der Waals surface area contributed by atoms with E-state index >= 15 is 0 Å². The van der Waals surface area contributed by atoms with Gasteiger partial charge in [0.1, 0.15) is 12.3 Å². The second-order valence-corrected chi connectivity index (χ2v) is 7.56. The number of pyridine rings is 1. The Hall–Kier alpha value is -3.07. The number of halogens is 1. The van der Waals surface area contributed by atoms with Crippen molar-refractivity contribution in [1.29, 1.82) is 0 Å². The van der Waals surface area contributed by atoms with E-state index in [9.17, 15) is 4.79 Å². The summed E-state index contributed by atoms with van der Waals surface area (Å²) in [5.74, 6) is 0.936. The number of amides is 1. The molecular weight excluding hydrogens is 481 g/mol. The number of aromatic nitrogens is 2. The summed E-state index contributed by atoms with van der Waals surface area (Å²) in [4.78, 5) is 17.0. The minimum Gasteiger partial charge on any atom is -0.493 e. The minimum absolute atomic E-state index is 0.181. The second kappa shape index (κ2) is 8.52. The molecule has 1 N–H and O–H groups in total. The normalized spacial score (nSPS) is 10.7. The molecule has 0 saturated heterocycles. The Morgan fingerprint density at radius 1 is 1.10 bits per heavy atom. The quantitative estimate of drug-likeness (QED) is 0.388. The molecule has 4 rings (SSSR count). The van der Waals surface area contributed by atoms with Gasteiger partial charge in [0, 0.05) is 33.3 Å². The first-order valence-corrected chi connectivity index (χ1v) is 10.0. The number of hydrogen-bond acceptors (Lipinski definition) is 4. The van der Waals surface area contributed by atoms with Crippen LogP contribution in [0, 0.1) is 3.57 Å². The third kappa shape index (κ3) is 4.51. The number of nitrogens with zero attached hydrogens (tertiary/aromatic N) is 2. The topological polar surface area (TPSA) is 64.9 Å². The number of nitrogens with one attached hydrogen (secondary N) is 1. The Morgan fingerprint density at radius 2 is 2.00 bits per heavy atom. The monoisotopic (exact) mass is 499 g/mol. The SMILES string of the molecule is COc1ccc(NC(=O)c2cccc(I)c2)cc1OCc1cn2ccccc2n1. The maximum absolute atomic E-state index is 12.5. The van der Waals surface area contributed by atoms with Crippen LogP contribution in [0.25, 0.3) is 5.65 Å². The first-order chi connectivity index (χ1) is 14.1. The number of imidazole rings is 1. The van der Waals surface area contributed by atoms with E-state index in [0.29, 0.717) is 22.7 Å². The van der Waals surface area contributed by atoms with Gasteiger partial charge in [0.05, 0.1) is 12.8 Å². The van der Waals surface area contributed by atoms with Crippen molar-refractivity contribution in [3.8, 4) is 11.5 Å². The van der Waals surface area contributed by atoms with Crippen molar-refractivity contribution < 1.29 is 14.3 Å². The van der Waals surface area contributed by atoms with Crippen LogP contribution in [0.15, 0.2) is 73.1 Å². The van der Waals surface area contributed by atoms with E-state index in [0.717, 1.165) is 14.9 Å². The lowest BCUT2D eigenvalue weighted by Crippen LogP contribution is -2.12. The summed E-state index contributed by atoms with van der Waals surface area (Å²) < 4.78 is 14.3. The minimum atomic E-state index is -0.181. The second-order valence-electron chi connectivity index (χ2n) is 6.32. The highest BCUT2D eigenvalue weighted by molar-refractivity contribution is 14.1. The Kier molecular flexibility index (Phi) is 5.66. The largest absolute Gasteiger partial charge is 0.493 e. The van der Waals surface area contributed by atoms with Crippen LogP contribution in [0.1, 0.15) is 16.1 Å². The van der Waals surface area contributed by atoms with Crippen LogP contribution in [-0.2, 0) is 6.61 Å². The van der Waals surface area contributed by atoms with E-state index < -0.39 is 0 Å². The maximum Gasteiger partial charge on any atom is 0.255 e. The van der Waals surface area contributed by atoms with Gasteiger partial charge in [0.15, 0.2) is 11.5 Å². The number of carbonyl (C=O) groups is 1. The molecule has 29 heavy (non-hydrogen) atoms. The van der Waals surface area contributed by atoms with Gasteiger partial charge in [-0.25, -0.2) is 4.98 Å². The standard InChI is InChI=1S/C22H18IN3O3/c1-28-19-9-8-17(25-22(27)15-5-4-6-16(23)11-15)12-20(19)29-14-18-13-26-10-3-2-7-21(26)24-18/h2-13H,14H2,1H3,(H,25,27). The molecule has 0 bridgehead atoms. The third-order valence-electron chi connectivity index (χ3n) is 4.30. The molecule has 4 aromatic rings. The van der Waals surface area contributed by atoms with Gasteiger partial charge in [0.25, 0.3) is 5.91 Å². The highest BCUT2D eigenvalue weighted by atomic mass is 127. The van der Waals surface area contributed by atoms with E-state index in [1.54, 1.807) is 31.4 Å². The van der Waals surface area contributed by atoms with E-state index in [1.807, 2.05) is 53.2 Å². The third-order valence-corrected chi connectivity index (χ3v) is 4.97. The zero-order valence-electron chi connectivity index (χ0n) is 15.6. The van der Waals surface area contributed by atoms with Gasteiger partial charge >= 0.3 is 0 Å². The van der Waals surface area contributed by atoms with Crippen LogP contribution in [0.4, 0.5) is 5.69 Å². The van der Waals surface area contributed by atoms with Crippen molar-refractivity contribution in [2.45, 2.75) is 6.61 Å². The van der Waals surface area contributed by atoms with E-state index in [1.165, 1.54) is 0 Å². The highest BCUT2D eigenvalue weighted by Crippen LogP contribution is 2.31. The van der Waals surface area contributed by atoms with Gasteiger partial charge in [0.2, 0.25) is 0 Å². The number of benzene rings is 2. The van der Waals surface area contributed by atoms with Gasteiger partial charge in [-0.1, -0.05) is 12.1 Å². The van der Waals surface area contributed by atoms with E-state index in [4.69, 9.17) is 9.47 Å². The van der Waals surface area contributed by atoms with Crippen LogP contribution in [0.2, 0.25) is 0 Å². The van der Waals surface area contributed by atoms with Gasteiger partial charge < -0.3 is 19.2 Å². The molecule has 0 atom stereocenters. The Morgan fingerprint density at radius 3 is 2.79 bits per heavy atom. The first kappa shape index (κ1) is 19.3. The number of carbonyl (C=O) groups excluding carboxylic acids is 1. The smallest absolute Gasteiger partial charge is 0.255 e. The fraction of sp³-hybridized carbons (Fsp3) is 0.0909. The summed E-state index contributed by atoms with van der Waals surface area (Å²) in [5.41, 5.74) is 2.88. The molecule has 0 spiro atoms. The average Bonchev–Trinajstić information content (AvgIpc) is 3.15. The zero-order valence-corrected chi connectivity index (χ0v) is 17.8. The van der Waals surface area contributed by atoms with Gasteiger partial charge in [-0.15, -0.1) is 0 Å². The first-order valence-electron chi connectivity index (χ1n) is 8.93. The lowest BCUT2D eigenvalue weighted by molar-refractivity contribution is 0.102. The molecule has 1 amide bonds. The predicted octanol–water partition coefficient (Wildman–Crippen LogP) is 4.78. The molecule has 0 radical (unpaired) electrons. The maximum atomic E-state index is 12.5. The molecule has 0 aliphatic rings. The van der Waals surface area contributed by atoms with Gasteiger partial charge in [-0.05, 0) is 65.1 Å². The number of rotatable bonds is 6. The van der Waals surface area contributed by atoms with Crippen molar-refractivity contribution in [2.75, 3.05) is 12.4 Å². The van der Waals surface area contributed by atoms with Crippen LogP contribution in [-0.4, -0.2) is 22.4 Å². The molecule has 0 fully saturated rings. The Balaban J connectivity index is 1.51. The molecule has 0 aliphatic heterocycles. The molecule has 146 valence electrons. The molecule has 2 aromatic carbocycles. The van der Waals surface area contributed by atoms with Gasteiger partial charge in [-0.3, -0.25) is 4.79 Å². The van der Waals surface area contributed by atoms with E-state index in [2.05, 4.69) is 32.9 Å². The van der Waals surface area contributed by atoms with Crippen LogP contribution in [0.5, 0.6) is 11.5 Å². The van der Waals surface area contributed by atoms with Crippen molar-refractivity contribution in [2.24, 2.45) is 0 Å². The summed E-state index contributed by atoms with van der Waals surface area (Å²) in [6.07, 6.45) is 3.86. The Bertz CT molecular complexity index is 1140. The molecule has 2 heterocycles. The van der Waals surface area contributed by atoms with Crippen LogP contribution >= 0.6 is 22.6 Å². The van der Waals surface area contributed by atoms with Crippen LogP contribution < -0.4 is 14.8 Å². The Labute approximate surface area is 181 Å². The molecule has 0 saturated carbocycles.